The van der Waals surface area contributed by atoms with Crippen LogP contribution >= 0.6 is 34.8 Å². The Morgan fingerprint density at radius 1 is 1.32 bits per heavy atom. The first-order chi connectivity index (χ1) is 8.69. The maximum absolute atomic E-state index is 12.5. The molecule has 2 unspecified atom stereocenters. The van der Waals surface area contributed by atoms with E-state index >= 15 is 0 Å². The van der Waals surface area contributed by atoms with Gasteiger partial charge in [0.25, 0.3) is 0 Å². The van der Waals surface area contributed by atoms with Crippen molar-refractivity contribution in [2.45, 2.75) is 30.6 Å². The van der Waals surface area contributed by atoms with E-state index in [2.05, 4.69) is 0 Å². The quantitative estimate of drug-likeness (QED) is 0.754. The van der Waals surface area contributed by atoms with Gasteiger partial charge in [-0.05, 0) is 38.0 Å². The molecular formula is C14H16Cl3NO. The molecule has 19 heavy (non-hydrogen) atoms. The number of amides is 1. The van der Waals surface area contributed by atoms with Gasteiger partial charge in [-0.1, -0.05) is 23.7 Å². The Morgan fingerprint density at radius 2 is 1.79 bits per heavy atom. The smallest absolute Gasteiger partial charge is 0.231 e. The van der Waals surface area contributed by atoms with E-state index in [0.29, 0.717) is 11.4 Å². The molecule has 1 aromatic rings. The molecular weight excluding hydrogens is 305 g/mol. The van der Waals surface area contributed by atoms with Crippen LogP contribution in [0.2, 0.25) is 5.02 Å². The van der Waals surface area contributed by atoms with E-state index in [9.17, 15) is 4.79 Å². The highest BCUT2D eigenvalue weighted by atomic mass is 35.5. The van der Waals surface area contributed by atoms with Crippen LogP contribution in [-0.2, 0) is 4.79 Å². The van der Waals surface area contributed by atoms with E-state index < -0.39 is 9.75 Å². The monoisotopic (exact) mass is 319 g/mol. The summed E-state index contributed by atoms with van der Waals surface area (Å²) in [6.07, 6.45) is 0.500. The second-order valence-corrected chi connectivity index (χ2v) is 7.28. The third kappa shape index (κ3) is 2.58. The molecule has 1 aromatic carbocycles. The van der Waals surface area contributed by atoms with Gasteiger partial charge in [-0.25, -0.2) is 0 Å². The molecule has 0 saturated heterocycles. The maximum atomic E-state index is 12.5. The summed E-state index contributed by atoms with van der Waals surface area (Å²) in [6.45, 7) is 3.78. The second-order valence-electron chi connectivity index (χ2n) is 5.36. The first kappa shape index (κ1) is 15.0. The average Bonchev–Trinajstić information content (AvgIpc) is 2.88. The van der Waals surface area contributed by atoms with Crippen molar-refractivity contribution in [2.75, 3.05) is 7.05 Å². The molecule has 2 rings (SSSR count). The van der Waals surface area contributed by atoms with Crippen LogP contribution in [0.4, 0.5) is 0 Å². The first-order valence-corrected chi connectivity index (χ1v) is 7.23. The van der Waals surface area contributed by atoms with Gasteiger partial charge in [0.05, 0.1) is 11.5 Å². The topological polar surface area (TPSA) is 20.3 Å². The Kier molecular flexibility index (Phi) is 3.81. The van der Waals surface area contributed by atoms with E-state index in [1.54, 1.807) is 18.9 Å². The molecule has 104 valence electrons. The summed E-state index contributed by atoms with van der Waals surface area (Å²) in [4.78, 5) is 14.1. The fourth-order valence-corrected chi connectivity index (χ4v) is 2.98. The van der Waals surface area contributed by atoms with Crippen LogP contribution in [0.25, 0.3) is 0 Å². The van der Waals surface area contributed by atoms with E-state index in [0.717, 1.165) is 5.56 Å². The highest BCUT2D eigenvalue weighted by molar-refractivity contribution is 6.53. The minimum atomic E-state index is -0.932. The zero-order valence-corrected chi connectivity index (χ0v) is 13.4. The van der Waals surface area contributed by atoms with Gasteiger partial charge in [0.15, 0.2) is 0 Å². The largest absolute Gasteiger partial charge is 0.338 e. The zero-order chi connectivity index (χ0) is 14.4. The molecule has 2 nitrogen and oxygen atoms in total. The molecule has 0 radical (unpaired) electrons. The molecule has 1 fully saturated rings. The van der Waals surface area contributed by atoms with Crippen molar-refractivity contribution in [3.8, 4) is 0 Å². The zero-order valence-electron chi connectivity index (χ0n) is 11.1. The highest BCUT2D eigenvalue weighted by Crippen LogP contribution is 2.64. The Balaban J connectivity index is 2.14. The third-order valence-corrected chi connectivity index (χ3v) is 5.34. The number of benzene rings is 1. The number of carbonyl (C=O) groups is 1. The third-order valence-electron chi connectivity index (χ3n) is 3.98. The van der Waals surface area contributed by atoms with Crippen molar-refractivity contribution >= 4 is 40.7 Å². The van der Waals surface area contributed by atoms with Crippen LogP contribution in [0.15, 0.2) is 24.3 Å². The Labute approximate surface area is 128 Å². The molecule has 0 aromatic heterocycles. The number of halogens is 3. The molecule has 0 bridgehead atoms. The second kappa shape index (κ2) is 4.83. The lowest BCUT2D eigenvalue weighted by Gasteiger charge is -2.28. The van der Waals surface area contributed by atoms with Crippen molar-refractivity contribution in [2.24, 2.45) is 5.41 Å². The molecule has 0 aliphatic heterocycles. The minimum Gasteiger partial charge on any atom is -0.338 e. The van der Waals surface area contributed by atoms with Crippen LogP contribution in [0.3, 0.4) is 0 Å². The highest BCUT2D eigenvalue weighted by Gasteiger charge is 2.68. The predicted octanol–water partition coefficient (Wildman–Crippen LogP) is 4.44. The van der Waals surface area contributed by atoms with Gasteiger partial charge >= 0.3 is 0 Å². The molecule has 2 atom stereocenters. The maximum Gasteiger partial charge on any atom is 0.231 e. The van der Waals surface area contributed by atoms with Crippen LogP contribution < -0.4 is 0 Å². The van der Waals surface area contributed by atoms with Crippen molar-refractivity contribution in [3.63, 3.8) is 0 Å². The summed E-state index contributed by atoms with van der Waals surface area (Å²) < 4.78 is -0.932. The van der Waals surface area contributed by atoms with Crippen molar-refractivity contribution in [3.05, 3.63) is 34.9 Å². The molecule has 0 N–H and O–H groups in total. The standard InChI is InChI=1S/C14H16Cl3NO/c1-9(10-4-6-11(15)7-5-10)18(3)12(19)13(2)8-14(13,16)17/h4-7,9H,8H2,1-3H3. The SMILES string of the molecule is CC(c1ccc(Cl)cc1)N(C)C(=O)C1(C)CC1(Cl)Cl. The van der Waals surface area contributed by atoms with Gasteiger partial charge in [0.1, 0.15) is 4.33 Å². The van der Waals surface area contributed by atoms with Gasteiger partial charge in [-0.3, -0.25) is 4.79 Å². The normalized spacial score (nSPS) is 25.8. The van der Waals surface area contributed by atoms with Crippen LogP contribution in [0, 0.1) is 5.41 Å². The van der Waals surface area contributed by atoms with E-state index in [4.69, 9.17) is 34.8 Å². The van der Waals surface area contributed by atoms with Crippen molar-refractivity contribution in [1.82, 2.24) is 4.90 Å². The lowest BCUT2D eigenvalue weighted by atomic mass is 10.0. The number of carbonyl (C=O) groups excluding carboxylic acids is 1. The number of alkyl halides is 2. The summed E-state index contributed by atoms with van der Waals surface area (Å²) in [6, 6.07) is 7.42. The van der Waals surface area contributed by atoms with Crippen LogP contribution in [-0.4, -0.2) is 22.2 Å². The number of nitrogens with zero attached hydrogens (tertiary/aromatic N) is 1. The molecule has 1 aliphatic carbocycles. The van der Waals surface area contributed by atoms with Gasteiger partial charge in [-0.2, -0.15) is 0 Å². The van der Waals surface area contributed by atoms with Gasteiger partial charge in [-0.15, -0.1) is 23.2 Å². The first-order valence-electron chi connectivity index (χ1n) is 6.09. The summed E-state index contributed by atoms with van der Waals surface area (Å²) in [5.74, 6) is -0.0278. The van der Waals surface area contributed by atoms with Crippen molar-refractivity contribution < 1.29 is 4.79 Å². The van der Waals surface area contributed by atoms with Gasteiger partial charge in [0, 0.05) is 12.1 Å². The molecule has 1 saturated carbocycles. The van der Waals surface area contributed by atoms with Gasteiger partial charge in [0.2, 0.25) is 5.91 Å². The van der Waals surface area contributed by atoms with Crippen molar-refractivity contribution in [1.29, 1.82) is 0 Å². The van der Waals surface area contributed by atoms with E-state index in [-0.39, 0.29) is 11.9 Å². The summed E-state index contributed by atoms with van der Waals surface area (Å²) >= 11 is 18.0. The van der Waals surface area contributed by atoms with Crippen LogP contribution in [0.5, 0.6) is 0 Å². The average molecular weight is 321 g/mol. The van der Waals surface area contributed by atoms with E-state index in [1.165, 1.54) is 0 Å². The Hall–Kier alpha value is -0.440. The molecule has 0 spiro atoms. The molecule has 0 heterocycles. The summed E-state index contributed by atoms with van der Waals surface area (Å²) in [5.41, 5.74) is 0.352. The molecule has 5 heteroatoms. The minimum absolute atomic E-state index is 0.0278. The predicted molar refractivity (Wildman–Crippen MR) is 79.8 cm³/mol. The lowest BCUT2D eigenvalue weighted by Crippen LogP contribution is -2.37. The summed E-state index contributed by atoms with van der Waals surface area (Å²) in [5, 5.41) is 0.680. The lowest BCUT2D eigenvalue weighted by molar-refractivity contribution is -0.137. The fourth-order valence-electron chi connectivity index (χ4n) is 2.16. The molecule has 1 amide bonds. The fraction of sp³-hybridized carbons (Fsp3) is 0.500. The van der Waals surface area contributed by atoms with Crippen LogP contribution in [0.1, 0.15) is 31.9 Å². The molecule has 1 aliphatic rings. The number of rotatable bonds is 3. The summed E-state index contributed by atoms with van der Waals surface area (Å²) in [7, 11) is 1.77. The number of hydrogen-bond donors (Lipinski definition) is 0. The number of hydrogen-bond acceptors (Lipinski definition) is 1. The van der Waals surface area contributed by atoms with Gasteiger partial charge < -0.3 is 4.90 Å². The van der Waals surface area contributed by atoms with E-state index in [1.807, 2.05) is 31.2 Å². The Bertz CT molecular complexity index is 500. The Morgan fingerprint density at radius 3 is 2.21 bits per heavy atom.